The molecule has 1 saturated heterocycles. The number of hydrogen-bond acceptors (Lipinski definition) is 2. The van der Waals surface area contributed by atoms with Crippen molar-refractivity contribution in [3.05, 3.63) is 0 Å². The Hall–Kier alpha value is -1.06. The number of carbonyl (C=O) groups excluding carboxylic acids is 1. The number of nitrogens with zero attached hydrogens (tertiary/aromatic N) is 1. The fraction of sp³-hybridized carbons (Fsp3) is 0.875. The number of carboxylic acids is 1. The van der Waals surface area contributed by atoms with Gasteiger partial charge in [-0.2, -0.15) is 0 Å². The summed E-state index contributed by atoms with van der Waals surface area (Å²) in [7, 11) is 0. The highest BCUT2D eigenvalue weighted by Gasteiger charge is 2.59. The van der Waals surface area contributed by atoms with Crippen LogP contribution in [0.25, 0.3) is 0 Å². The van der Waals surface area contributed by atoms with Crippen LogP contribution in [0.1, 0.15) is 58.8 Å². The molecule has 0 radical (unpaired) electrons. The molecule has 1 aliphatic heterocycles. The Kier molecular flexibility index (Phi) is 4.71. The molecular formula is C16H27NO3. The second kappa shape index (κ2) is 6.15. The number of carbonyl (C=O) groups is 2. The Morgan fingerprint density at radius 3 is 2.40 bits per heavy atom. The summed E-state index contributed by atoms with van der Waals surface area (Å²) in [5.74, 6) is -0.345. The van der Waals surface area contributed by atoms with Crippen molar-refractivity contribution >= 4 is 11.9 Å². The highest BCUT2D eigenvalue weighted by molar-refractivity contribution is 5.79. The minimum Gasteiger partial charge on any atom is -0.481 e. The van der Waals surface area contributed by atoms with Crippen molar-refractivity contribution in [2.24, 2.45) is 17.3 Å². The van der Waals surface area contributed by atoms with Crippen LogP contribution in [-0.2, 0) is 9.59 Å². The van der Waals surface area contributed by atoms with Crippen LogP contribution < -0.4 is 0 Å². The van der Waals surface area contributed by atoms with Crippen LogP contribution in [-0.4, -0.2) is 35.0 Å². The third kappa shape index (κ3) is 2.99. The van der Waals surface area contributed by atoms with Crippen molar-refractivity contribution in [3.8, 4) is 0 Å². The molecule has 0 aromatic rings. The smallest absolute Gasteiger partial charge is 0.307 e. The van der Waals surface area contributed by atoms with Gasteiger partial charge in [-0.25, -0.2) is 0 Å². The number of amides is 1. The first-order valence-electron chi connectivity index (χ1n) is 8.05. The first-order valence-corrected chi connectivity index (χ1v) is 8.05. The number of carboxylic acid groups (broad SMARTS) is 1. The number of rotatable bonds is 6. The average Bonchev–Trinajstić information content (AvgIpc) is 3.14. The molecule has 0 aromatic heterocycles. The van der Waals surface area contributed by atoms with Crippen LogP contribution in [0, 0.1) is 17.3 Å². The Balaban J connectivity index is 1.84. The van der Waals surface area contributed by atoms with E-state index in [0.29, 0.717) is 5.91 Å². The minimum absolute atomic E-state index is 0.0216. The molecule has 114 valence electrons. The van der Waals surface area contributed by atoms with E-state index in [0.717, 1.165) is 58.0 Å². The summed E-state index contributed by atoms with van der Waals surface area (Å²) in [6.45, 7) is 5.75. The van der Waals surface area contributed by atoms with Gasteiger partial charge >= 0.3 is 5.97 Å². The maximum Gasteiger partial charge on any atom is 0.307 e. The molecule has 2 fully saturated rings. The maximum absolute atomic E-state index is 12.5. The predicted octanol–water partition coefficient (Wildman–Crippen LogP) is 2.92. The Morgan fingerprint density at radius 1 is 1.30 bits per heavy atom. The van der Waals surface area contributed by atoms with E-state index in [2.05, 4.69) is 13.8 Å². The third-order valence-electron chi connectivity index (χ3n) is 5.31. The summed E-state index contributed by atoms with van der Waals surface area (Å²) < 4.78 is 0. The van der Waals surface area contributed by atoms with E-state index in [1.165, 1.54) is 0 Å². The van der Waals surface area contributed by atoms with Gasteiger partial charge in [0.2, 0.25) is 5.91 Å². The van der Waals surface area contributed by atoms with E-state index in [-0.39, 0.29) is 17.3 Å². The van der Waals surface area contributed by atoms with Gasteiger partial charge in [-0.3, -0.25) is 9.59 Å². The summed E-state index contributed by atoms with van der Waals surface area (Å²) in [5.41, 5.74) is 0.0216. The van der Waals surface area contributed by atoms with Crippen molar-refractivity contribution in [3.63, 3.8) is 0 Å². The van der Waals surface area contributed by atoms with Gasteiger partial charge in [0.15, 0.2) is 0 Å². The molecule has 2 unspecified atom stereocenters. The van der Waals surface area contributed by atoms with Gasteiger partial charge in [0.05, 0.1) is 5.92 Å². The molecule has 1 saturated carbocycles. The highest BCUT2D eigenvalue weighted by atomic mass is 16.4. The van der Waals surface area contributed by atoms with Gasteiger partial charge in [-0.15, -0.1) is 0 Å². The zero-order chi connectivity index (χ0) is 14.8. The van der Waals surface area contributed by atoms with E-state index in [4.69, 9.17) is 5.11 Å². The molecule has 1 aliphatic carbocycles. The fourth-order valence-corrected chi connectivity index (χ4v) is 3.63. The molecule has 4 nitrogen and oxygen atoms in total. The van der Waals surface area contributed by atoms with E-state index >= 15 is 0 Å². The van der Waals surface area contributed by atoms with Crippen LogP contribution in [0.3, 0.4) is 0 Å². The number of piperidine rings is 1. The zero-order valence-corrected chi connectivity index (χ0v) is 12.7. The van der Waals surface area contributed by atoms with Crippen LogP contribution in [0.15, 0.2) is 0 Å². The molecule has 0 bridgehead atoms. The van der Waals surface area contributed by atoms with Crippen LogP contribution in [0.4, 0.5) is 0 Å². The molecule has 2 atom stereocenters. The predicted molar refractivity (Wildman–Crippen MR) is 77.3 cm³/mol. The Labute approximate surface area is 121 Å². The molecule has 1 spiro atoms. The SMILES string of the molecule is CCCCC(CC)C(=O)N1CCC2(CC1)CC2C(=O)O. The standard InChI is InChI=1S/C16H27NO3/c1-3-5-6-12(4-2)14(18)17-9-7-16(8-10-17)11-13(16)15(19)20/h12-13H,3-11H2,1-2H3,(H,19,20). The number of unbranched alkanes of at least 4 members (excludes halogenated alkanes) is 1. The number of hydrogen-bond donors (Lipinski definition) is 1. The molecule has 2 rings (SSSR count). The average molecular weight is 281 g/mol. The Morgan fingerprint density at radius 2 is 1.95 bits per heavy atom. The normalized spacial score (nSPS) is 25.5. The molecule has 1 amide bonds. The van der Waals surface area contributed by atoms with Crippen molar-refractivity contribution in [2.45, 2.75) is 58.8 Å². The molecule has 1 heterocycles. The molecule has 2 aliphatic rings. The number of aliphatic carboxylic acids is 1. The minimum atomic E-state index is -0.654. The van der Waals surface area contributed by atoms with E-state index in [1.54, 1.807) is 0 Å². The lowest BCUT2D eigenvalue weighted by atomic mass is 9.89. The Bertz CT molecular complexity index is 372. The van der Waals surface area contributed by atoms with Crippen molar-refractivity contribution in [1.29, 1.82) is 0 Å². The summed E-state index contributed by atoms with van der Waals surface area (Å²) >= 11 is 0. The summed E-state index contributed by atoms with van der Waals surface area (Å²) in [4.78, 5) is 25.5. The quantitative estimate of drug-likeness (QED) is 0.814. The molecule has 0 aromatic carbocycles. The third-order valence-corrected chi connectivity index (χ3v) is 5.31. The van der Waals surface area contributed by atoms with Gasteiger partial charge < -0.3 is 10.0 Å². The number of likely N-dealkylation sites (tertiary alicyclic amines) is 1. The lowest BCUT2D eigenvalue weighted by molar-refractivity contribution is -0.140. The summed E-state index contributed by atoms with van der Waals surface area (Å²) in [6, 6.07) is 0. The van der Waals surface area contributed by atoms with Gasteiger partial charge in [0, 0.05) is 19.0 Å². The first-order chi connectivity index (χ1) is 9.54. The maximum atomic E-state index is 12.5. The van der Waals surface area contributed by atoms with Gasteiger partial charge in [0.25, 0.3) is 0 Å². The molecular weight excluding hydrogens is 254 g/mol. The second-order valence-corrected chi connectivity index (χ2v) is 6.53. The first kappa shape index (κ1) is 15.3. The van der Waals surface area contributed by atoms with Gasteiger partial charge in [0.1, 0.15) is 0 Å². The van der Waals surface area contributed by atoms with Gasteiger partial charge in [-0.1, -0.05) is 26.7 Å². The van der Waals surface area contributed by atoms with E-state index in [9.17, 15) is 9.59 Å². The largest absolute Gasteiger partial charge is 0.481 e. The van der Waals surface area contributed by atoms with Crippen molar-refractivity contribution < 1.29 is 14.7 Å². The van der Waals surface area contributed by atoms with Crippen molar-refractivity contribution in [1.82, 2.24) is 4.90 Å². The van der Waals surface area contributed by atoms with E-state index in [1.807, 2.05) is 4.90 Å². The molecule has 20 heavy (non-hydrogen) atoms. The van der Waals surface area contributed by atoms with Crippen LogP contribution in [0.5, 0.6) is 0 Å². The summed E-state index contributed by atoms with van der Waals surface area (Å²) in [6.07, 6.45) is 6.72. The van der Waals surface area contributed by atoms with Gasteiger partial charge in [-0.05, 0) is 37.5 Å². The molecule has 4 heteroatoms. The zero-order valence-electron chi connectivity index (χ0n) is 12.7. The lowest BCUT2D eigenvalue weighted by Gasteiger charge is -2.34. The topological polar surface area (TPSA) is 57.6 Å². The van der Waals surface area contributed by atoms with Crippen LogP contribution >= 0.6 is 0 Å². The monoisotopic (exact) mass is 281 g/mol. The van der Waals surface area contributed by atoms with Crippen LogP contribution in [0.2, 0.25) is 0 Å². The second-order valence-electron chi connectivity index (χ2n) is 6.53. The highest BCUT2D eigenvalue weighted by Crippen LogP contribution is 2.59. The van der Waals surface area contributed by atoms with Crippen molar-refractivity contribution in [2.75, 3.05) is 13.1 Å². The summed E-state index contributed by atoms with van der Waals surface area (Å²) in [5, 5.41) is 9.09. The van der Waals surface area contributed by atoms with E-state index < -0.39 is 5.97 Å². The molecule has 1 N–H and O–H groups in total. The lowest BCUT2D eigenvalue weighted by Crippen LogP contribution is -2.42. The fourth-order valence-electron chi connectivity index (χ4n) is 3.63.